The summed E-state index contributed by atoms with van der Waals surface area (Å²) in [6.45, 7) is 0.412. The number of ketones is 1. The molecule has 0 unspecified atom stereocenters. The standard InChI is InChI=1S/C24H20O7/c25-22(21(23(26)27)24(28)29)18-11-19(30-14-16-7-3-1-4-8-16)13-20(12-18)31-15-17-9-5-2-6-10-17/h1-13,21H,14-15H2,(H,26,27)(H,28,29). The van der Waals surface area contributed by atoms with Crippen molar-refractivity contribution in [2.75, 3.05) is 0 Å². The van der Waals surface area contributed by atoms with Gasteiger partial charge in [-0.1, -0.05) is 60.7 Å². The number of rotatable bonds is 10. The van der Waals surface area contributed by atoms with Crippen LogP contribution in [0.1, 0.15) is 21.5 Å². The molecular weight excluding hydrogens is 400 g/mol. The topological polar surface area (TPSA) is 110 Å². The van der Waals surface area contributed by atoms with E-state index in [0.717, 1.165) is 11.1 Å². The van der Waals surface area contributed by atoms with Gasteiger partial charge in [-0.15, -0.1) is 0 Å². The maximum atomic E-state index is 12.6. The zero-order valence-corrected chi connectivity index (χ0v) is 16.4. The lowest BCUT2D eigenvalue weighted by Crippen LogP contribution is -2.31. The molecule has 0 spiro atoms. The highest BCUT2D eigenvalue weighted by atomic mass is 16.5. The van der Waals surface area contributed by atoms with Crippen LogP contribution in [-0.2, 0) is 22.8 Å². The largest absolute Gasteiger partial charge is 0.489 e. The molecular formula is C24H20O7. The van der Waals surface area contributed by atoms with Crippen molar-refractivity contribution in [1.29, 1.82) is 0 Å². The normalized spacial score (nSPS) is 10.5. The third-order valence-electron chi connectivity index (χ3n) is 4.42. The SMILES string of the molecule is O=C(O)C(C(=O)O)C(=O)c1cc(OCc2ccccc2)cc(OCc2ccccc2)c1. The molecule has 31 heavy (non-hydrogen) atoms. The van der Waals surface area contributed by atoms with Gasteiger partial charge in [0.15, 0.2) is 5.78 Å². The molecule has 0 atom stereocenters. The second-order valence-electron chi connectivity index (χ2n) is 6.72. The number of hydrogen-bond acceptors (Lipinski definition) is 5. The molecule has 0 saturated carbocycles. The summed E-state index contributed by atoms with van der Waals surface area (Å²) in [6, 6.07) is 22.9. The Morgan fingerprint density at radius 2 is 1.10 bits per heavy atom. The van der Waals surface area contributed by atoms with Crippen LogP contribution in [0.4, 0.5) is 0 Å². The highest BCUT2D eigenvalue weighted by Gasteiger charge is 2.35. The molecule has 2 N–H and O–H groups in total. The minimum absolute atomic E-state index is 0.122. The number of hydrogen-bond donors (Lipinski definition) is 2. The maximum absolute atomic E-state index is 12.6. The second kappa shape index (κ2) is 10.1. The molecule has 0 amide bonds. The molecule has 0 aliphatic carbocycles. The third kappa shape index (κ3) is 5.93. The summed E-state index contributed by atoms with van der Waals surface area (Å²) in [5.41, 5.74) is 1.66. The van der Waals surface area contributed by atoms with Gasteiger partial charge in [-0.05, 0) is 23.3 Å². The van der Waals surface area contributed by atoms with Crippen LogP contribution in [0.15, 0.2) is 78.9 Å². The minimum Gasteiger partial charge on any atom is -0.489 e. The quantitative estimate of drug-likeness (QED) is 0.379. The Morgan fingerprint density at radius 1 is 0.677 bits per heavy atom. The fourth-order valence-electron chi connectivity index (χ4n) is 2.86. The summed E-state index contributed by atoms with van der Waals surface area (Å²) < 4.78 is 11.5. The van der Waals surface area contributed by atoms with E-state index in [9.17, 15) is 14.4 Å². The Kier molecular flexibility index (Phi) is 7.01. The Labute approximate surface area is 178 Å². The molecule has 0 aliphatic heterocycles. The van der Waals surface area contributed by atoms with Crippen LogP contribution in [0, 0.1) is 5.92 Å². The van der Waals surface area contributed by atoms with E-state index in [1.165, 1.54) is 12.1 Å². The third-order valence-corrected chi connectivity index (χ3v) is 4.42. The number of benzene rings is 3. The molecule has 7 heteroatoms. The van der Waals surface area contributed by atoms with E-state index >= 15 is 0 Å². The number of carbonyl (C=O) groups is 3. The van der Waals surface area contributed by atoms with Gasteiger partial charge in [0.1, 0.15) is 24.7 Å². The van der Waals surface area contributed by atoms with Gasteiger partial charge in [0.05, 0.1) is 0 Å². The number of carboxylic acids is 2. The molecule has 0 radical (unpaired) electrons. The second-order valence-corrected chi connectivity index (χ2v) is 6.72. The molecule has 3 aromatic carbocycles. The fourth-order valence-corrected chi connectivity index (χ4v) is 2.86. The number of ether oxygens (including phenoxy) is 2. The monoisotopic (exact) mass is 420 g/mol. The summed E-state index contributed by atoms with van der Waals surface area (Å²) in [7, 11) is 0. The highest BCUT2D eigenvalue weighted by Crippen LogP contribution is 2.26. The van der Waals surface area contributed by atoms with Gasteiger partial charge in [-0.25, -0.2) is 0 Å². The summed E-state index contributed by atoms with van der Waals surface area (Å²) in [5, 5.41) is 18.3. The number of aliphatic carboxylic acids is 2. The van der Waals surface area contributed by atoms with Crippen molar-refractivity contribution in [3.05, 3.63) is 95.6 Å². The van der Waals surface area contributed by atoms with Crippen molar-refractivity contribution in [3.63, 3.8) is 0 Å². The first-order chi connectivity index (χ1) is 14.9. The van der Waals surface area contributed by atoms with E-state index in [4.69, 9.17) is 19.7 Å². The summed E-state index contributed by atoms with van der Waals surface area (Å²) >= 11 is 0. The number of carboxylic acid groups (broad SMARTS) is 2. The molecule has 0 fully saturated rings. The van der Waals surface area contributed by atoms with E-state index < -0.39 is 23.6 Å². The Balaban J connectivity index is 1.87. The lowest BCUT2D eigenvalue weighted by Gasteiger charge is -2.13. The van der Waals surface area contributed by atoms with Crippen LogP contribution in [0.25, 0.3) is 0 Å². The van der Waals surface area contributed by atoms with Gasteiger partial charge in [0.2, 0.25) is 5.92 Å². The summed E-state index contributed by atoms with van der Waals surface area (Å²) in [6.07, 6.45) is 0. The predicted molar refractivity (Wildman–Crippen MR) is 111 cm³/mol. The first-order valence-corrected chi connectivity index (χ1v) is 9.42. The van der Waals surface area contributed by atoms with Crippen LogP contribution in [0.5, 0.6) is 11.5 Å². The van der Waals surface area contributed by atoms with Gasteiger partial charge >= 0.3 is 11.9 Å². The van der Waals surface area contributed by atoms with E-state index in [1.807, 2.05) is 60.7 Å². The maximum Gasteiger partial charge on any atom is 0.325 e. The first-order valence-electron chi connectivity index (χ1n) is 9.42. The Morgan fingerprint density at radius 3 is 1.48 bits per heavy atom. The molecule has 3 aromatic rings. The van der Waals surface area contributed by atoms with E-state index in [1.54, 1.807) is 6.07 Å². The summed E-state index contributed by atoms with van der Waals surface area (Å²) in [5.74, 6) is -6.24. The molecule has 158 valence electrons. The predicted octanol–water partition coefficient (Wildman–Crippen LogP) is 3.81. The van der Waals surface area contributed by atoms with Gasteiger partial charge in [-0.2, -0.15) is 0 Å². The molecule has 0 aromatic heterocycles. The Hall–Kier alpha value is -4.13. The van der Waals surface area contributed by atoms with Crippen LogP contribution in [0.2, 0.25) is 0 Å². The fraction of sp³-hybridized carbons (Fsp3) is 0.125. The Bertz CT molecular complexity index is 986. The summed E-state index contributed by atoms with van der Waals surface area (Å²) in [4.78, 5) is 35.2. The van der Waals surface area contributed by atoms with Crippen molar-refractivity contribution < 1.29 is 34.1 Å². The van der Waals surface area contributed by atoms with E-state index in [-0.39, 0.29) is 30.3 Å². The number of carbonyl (C=O) groups excluding carboxylic acids is 1. The smallest absolute Gasteiger partial charge is 0.325 e. The van der Waals surface area contributed by atoms with Gasteiger partial charge < -0.3 is 19.7 Å². The van der Waals surface area contributed by atoms with E-state index in [0.29, 0.717) is 0 Å². The van der Waals surface area contributed by atoms with Crippen LogP contribution in [0.3, 0.4) is 0 Å². The highest BCUT2D eigenvalue weighted by molar-refractivity contribution is 6.20. The first kappa shape index (κ1) is 21.6. The molecule has 0 bridgehead atoms. The van der Waals surface area contributed by atoms with Gasteiger partial charge in [0, 0.05) is 11.6 Å². The lowest BCUT2D eigenvalue weighted by atomic mass is 9.97. The van der Waals surface area contributed by atoms with Crippen molar-refractivity contribution in [2.45, 2.75) is 13.2 Å². The van der Waals surface area contributed by atoms with Crippen LogP contribution in [-0.4, -0.2) is 27.9 Å². The van der Waals surface area contributed by atoms with Gasteiger partial charge in [-0.3, -0.25) is 14.4 Å². The molecule has 0 aliphatic rings. The molecule has 0 saturated heterocycles. The van der Waals surface area contributed by atoms with Crippen molar-refractivity contribution >= 4 is 17.7 Å². The molecule has 7 nitrogen and oxygen atoms in total. The van der Waals surface area contributed by atoms with Gasteiger partial charge in [0.25, 0.3) is 0 Å². The molecule has 3 rings (SSSR count). The van der Waals surface area contributed by atoms with E-state index in [2.05, 4.69) is 0 Å². The average molecular weight is 420 g/mol. The van der Waals surface area contributed by atoms with Crippen molar-refractivity contribution in [2.24, 2.45) is 5.92 Å². The minimum atomic E-state index is -2.22. The zero-order chi connectivity index (χ0) is 22.2. The number of Topliss-reactive ketones (excluding diaryl/α,β-unsaturated/α-hetero) is 1. The van der Waals surface area contributed by atoms with Crippen molar-refractivity contribution in [1.82, 2.24) is 0 Å². The lowest BCUT2D eigenvalue weighted by molar-refractivity contribution is -0.151. The van der Waals surface area contributed by atoms with Crippen LogP contribution >= 0.6 is 0 Å². The molecule has 0 heterocycles. The van der Waals surface area contributed by atoms with Crippen LogP contribution < -0.4 is 9.47 Å². The zero-order valence-electron chi connectivity index (χ0n) is 16.4. The van der Waals surface area contributed by atoms with Crippen molar-refractivity contribution in [3.8, 4) is 11.5 Å². The average Bonchev–Trinajstić information content (AvgIpc) is 2.77.